The van der Waals surface area contributed by atoms with Crippen LogP contribution >= 0.6 is 0 Å². The van der Waals surface area contributed by atoms with E-state index in [0.29, 0.717) is 31.7 Å². The Hall–Kier alpha value is -3.05. The summed E-state index contributed by atoms with van der Waals surface area (Å²) in [7, 11) is -7.27. The maximum Gasteiger partial charge on any atom is 0.401 e. The monoisotopic (exact) mass is 584 g/mol. The minimum atomic E-state index is -4.30. The summed E-state index contributed by atoms with van der Waals surface area (Å²) in [6.07, 6.45) is -4.30. The summed E-state index contributed by atoms with van der Waals surface area (Å²) in [5.41, 5.74) is 0.490. The Morgan fingerprint density at radius 3 is 1.87 bits per heavy atom. The summed E-state index contributed by atoms with van der Waals surface area (Å²) < 4.78 is 89.0. The smallest absolute Gasteiger partial charge is 0.314 e. The number of nitriles is 2. The van der Waals surface area contributed by atoms with Crippen LogP contribution in [0.15, 0.2) is 58.3 Å². The zero-order valence-corrected chi connectivity index (χ0v) is 22.4. The molecule has 0 aliphatic carbocycles. The van der Waals surface area contributed by atoms with Crippen molar-refractivity contribution in [2.24, 2.45) is 0 Å². The van der Waals surface area contributed by atoms with Gasteiger partial charge in [0.05, 0.1) is 33.5 Å². The number of rotatable bonds is 5. The lowest BCUT2D eigenvalue weighted by atomic mass is 10.2. The number of nitrogens with one attached hydrogen (secondary N) is 1. The minimum Gasteiger partial charge on any atom is -0.314 e. The van der Waals surface area contributed by atoms with Gasteiger partial charge in [-0.2, -0.15) is 32.3 Å². The highest BCUT2D eigenvalue weighted by Gasteiger charge is 2.35. The maximum absolute atomic E-state index is 12.5. The largest absolute Gasteiger partial charge is 0.401 e. The van der Waals surface area contributed by atoms with Gasteiger partial charge >= 0.3 is 6.18 Å². The molecule has 2 saturated heterocycles. The van der Waals surface area contributed by atoms with Crippen LogP contribution in [0.5, 0.6) is 0 Å². The molecule has 0 saturated carbocycles. The van der Waals surface area contributed by atoms with Crippen molar-refractivity contribution >= 4 is 20.0 Å². The minimum absolute atomic E-state index is 0.00740. The van der Waals surface area contributed by atoms with Crippen LogP contribution in [0.1, 0.15) is 11.1 Å². The fourth-order valence-corrected chi connectivity index (χ4v) is 7.05. The van der Waals surface area contributed by atoms with Crippen molar-refractivity contribution in [3.05, 3.63) is 59.7 Å². The van der Waals surface area contributed by atoms with E-state index in [1.807, 2.05) is 12.1 Å². The van der Waals surface area contributed by atoms with Crippen LogP contribution in [-0.4, -0.2) is 95.4 Å². The van der Waals surface area contributed by atoms with E-state index in [9.17, 15) is 30.0 Å². The molecule has 1 N–H and O–H groups in total. The van der Waals surface area contributed by atoms with Gasteiger partial charge in [0.2, 0.25) is 20.0 Å². The predicted molar refractivity (Wildman–Crippen MR) is 135 cm³/mol. The van der Waals surface area contributed by atoms with Crippen LogP contribution in [0, 0.1) is 22.7 Å². The third-order valence-electron chi connectivity index (χ3n) is 6.06. The van der Waals surface area contributed by atoms with Gasteiger partial charge < -0.3 is 5.32 Å². The molecular weight excluding hydrogens is 557 g/mol. The number of halogens is 3. The maximum atomic E-state index is 12.5. The fourth-order valence-electron chi connectivity index (χ4n) is 4.04. The molecule has 0 aromatic heterocycles. The molecule has 2 aliphatic rings. The van der Waals surface area contributed by atoms with Crippen LogP contribution in [0.2, 0.25) is 0 Å². The van der Waals surface area contributed by atoms with Crippen LogP contribution in [0.3, 0.4) is 0 Å². The van der Waals surface area contributed by atoms with Crippen LogP contribution in [0.25, 0.3) is 0 Å². The molecule has 210 valence electrons. The fraction of sp³-hybridized carbons (Fsp3) is 0.417. The van der Waals surface area contributed by atoms with Gasteiger partial charge in [-0.15, -0.1) is 0 Å². The van der Waals surface area contributed by atoms with E-state index in [4.69, 9.17) is 10.5 Å². The molecule has 2 aromatic rings. The lowest BCUT2D eigenvalue weighted by molar-refractivity contribution is -0.148. The second kappa shape index (κ2) is 12.9. The van der Waals surface area contributed by atoms with Gasteiger partial charge in [-0.25, -0.2) is 16.8 Å². The first-order valence-corrected chi connectivity index (χ1v) is 14.8. The van der Waals surface area contributed by atoms with E-state index in [-0.39, 0.29) is 41.5 Å². The third-order valence-corrected chi connectivity index (χ3v) is 9.93. The number of sulfonamides is 2. The molecule has 0 radical (unpaired) electrons. The molecule has 2 fully saturated rings. The van der Waals surface area contributed by atoms with Crippen molar-refractivity contribution in [2.45, 2.75) is 16.0 Å². The predicted octanol–water partition coefficient (Wildman–Crippen LogP) is 1.58. The number of hydrogen-bond donors (Lipinski definition) is 1. The highest BCUT2D eigenvalue weighted by atomic mass is 32.2. The topological polar surface area (TPSA) is 138 Å². The van der Waals surface area contributed by atoms with E-state index < -0.39 is 32.8 Å². The van der Waals surface area contributed by atoms with Gasteiger partial charge in [0.15, 0.2) is 0 Å². The van der Waals surface area contributed by atoms with Gasteiger partial charge in [-0.1, -0.05) is 12.1 Å². The molecule has 4 rings (SSSR count). The van der Waals surface area contributed by atoms with Crippen LogP contribution in [-0.2, 0) is 20.0 Å². The lowest BCUT2D eigenvalue weighted by Gasteiger charge is -2.34. The Bertz CT molecular complexity index is 1420. The summed E-state index contributed by atoms with van der Waals surface area (Å²) in [6.45, 7) is 1.24. The van der Waals surface area contributed by atoms with Crippen molar-refractivity contribution in [3.8, 4) is 12.1 Å². The second-order valence-corrected chi connectivity index (χ2v) is 12.5. The van der Waals surface area contributed by atoms with Crippen LogP contribution in [0.4, 0.5) is 13.2 Å². The van der Waals surface area contributed by atoms with Crippen molar-refractivity contribution < 1.29 is 30.0 Å². The van der Waals surface area contributed by atoms with Crippen molar-refractivity contribution in [2.75, 3.05) is 58.9 Å². The molecule has 0 atom stereocenters. The van der Waals surface area contributed by atoms with Crippen molar-refractivity contribution in [1.82, 2.24) is 18.8 Å². The molecule has 39 heavy (non-hydrogen) atoms. The van der Waals surface area contributed by atoms with E-state index in [1.165, 1.54) is 51.7 Å². The Kier molecular flexibility index (Phi) is 10.1. The number of nitrogens with zero attached hydrogens (tertiary/aromatic N) is 5. The number of benzene rings is 2. The standard InChI is InChI=1S/C13H14F3N3O2S.C11H13N3O2S/c14-13(15,16)10-18-5-7-19(8-6-18)22(20,21)12-4-2-1-3-11(12)9-17;12-9-10-1-3-11(4-2-10)17(15,16)14-7-5-13-6-8-14/h1-4H,5-8,10H2;1-4,13H,5-8H2. The molecule has 2 aromatic carbocycles. The zero-order chi connectivity index (χ0) is 28.7. The first-order valence-electron chi connectivity index (χ1n) is 11.9. The number of piperazine rings is 2. The molecule has 0 bridgehead atoms. The molecular formula is C24H27F3N6O4S2. The van der Waals surface area contributed by atoms with E-state index in [2.05, 4.69) is 5.32 Å². The quantitative estimate of drug-likeness (QED) is 0.559. The van der Waals surface area contributed by atoms with Gasteiger partial charge in [0.1, 0.15) is 6.07 Å². The van der Waals surface area contributed by atoms with Gasteiger partial charge in [-0.05, 0) is 36.4 Å². The Morgan fingerprint density at radius 1 is 0.769 bits per heavy atom. The highest BCUT2D eigenvalue weighted by molar-refractivity contribution is 7.89. The van der Waals surface area contributed by atoms with E-state index in [1.54, 1.807) is 6.07 Å². The first-order chi connectivity index (χ1) is 18.4. The Morgan fingerprint density at radius 2 is 1.33 bits per heavy atom. The van der Waals surface area contributed by atoms with Crippen molar-refractivity contribution in [3.63, 3.8) is 0 Å². The SMILES string of the molecule is N#Cc1ccc(S(=O)(=O)N2CCNCC2)cc1.N#Cc1ccccc1S(=O)(=O)N1CCN(CC(F)(F)F)CC1. The third kappa shape index (κ3) is 7.98. The van der Waals surface area contributed by atoms with Gasteiger partial charge in [0, 0.05) is 52.4 Å². The Balaban J connectivity index is 0.000000223. The average Bonchev–Trinajstić information content (AvgIpc) is 2.93. The summed E-state index contributed by atoms with van der Waals surface area (Å²) in [5.74, 6) is 0. The van der Waals surface area contributed by atoms with Gasteiger partial charge in [-0.3, -0.25) is 4.90 Å². The molecule has 2 heterocycles. The van der Waals surface area contributed by atoms with Crippen molar-refractivity contribution in [1.29, 1.82) is 10.5 Å². The Labute approximate surface area is 225 Å². The van der Waals surface area contributed by atoms with Crippen LogP contribution < -0.4 is 5.32 Å². The molecule has 0 amide bonds. The zero-order valence-electron chi connectivity index (χ0n) is 20.8. The average molecular weight is 585 g/mol. The summed E-state index contributed by atoms with van der Waals surface area (Å²) in [6, 6.07) is 15.6. The van der Waals surface area contributed by atoms with E-state index >= 15 is 0 Å². The lowest BCUT2D eigenvalue weighted by Crippen LogP contribution is -2.50. The molecule has 10 nitrogen and oxygen atoms in total. The molecule has 0 unspecified atom stereocenters. The highest BCUT2D eigenvalue weighted by Crippen LogP contribution is 2.23. The molecule has 2 aliphatic heterocycles. The first kappa shape index (κ1) is 30.5. The second-order valence-electron chi connectivity index (χ2n) is 8.69. The normalized spacial score (nSPS) is 17.9. The molecule has 0 spiro atoms. The van der Waals surface area contributed by atoms with Gasteiger partial charge in [0.25, 0.3) is 0 Å². The molecule has 15 heteroatoms. The summed E-state index contributed by atoms with van der Waals surface area (Å²) in [4.78, 5) is 1.31. The number of hydrogen-bond acceptors (Lipinski definition) is 8. The number of alkyl halides is 3. The summed E-state index contributed by atoms with van der Waals surface area (Å²) >= 11 is 0. The summed E-state index contributed by atoms with van der Waals surface area (Å²) in [5, 5.41) is 20.8. The van der Waals surface area contributed by atoms with E-state index in [0.717, 1.165) is 4.31 Å².